The summed E-state index contributed by atoms with van der Waals surface area (Å²) in [4.78, 5) is 25.2. The van der Waals surface area contributed by atoms with Crippen LogP contribution in [-0.2, 0) is 4.79 Å². The third-order valence-electron chi connectivity index (χ3n) is 7.36. The molecule has 3 fully saturated rings. The van der Waals surface area contributed by atoms with Gasteiger partial charge >= 0.3 is 0 Å². The molecule has 3 saturated heterocycles. The van der Waals surface area contributed by atoms with Crippen LogP contribution in [0, 0.1) is 11.2 Å². The molecule has 1 aromatic carbocycles. The number of nitrogens with one attached hydrogen (secondary N) is 1. The summed E-state index contributed by atoms with van der Waals surface area (Å²) < 4.78 is 17.5. The van der Waals surface area contributed by atoms with Gasteiger partial charge in [0.15, 0.2) is 0 Å². The summed E-state index contributed by atoms with van der Waals surface area (Å²) >= 11 is 1.79. The van der Waals surface area contributed by atoms with E-state index in [1.165, 1.54) is 6.07 Å². The van der Waals surface area contributed by atoms with E-state index in [9.17, 15) is 4.79 Å². The lowest BCUT2D eigenvalue weighted by Crippen LogP contribution is -2.35. The maximum atomic E-state index is 15.1. The van der Waals surface area contributed by atoms with E-state index in [4.69, 9.17) is 4.98 Å². The number of carbonyl (C=O) groups excluding carboxylic acids is 1. The molecule has 0 saturated carbocycles. The molecule has 1 N–H and O–H groups in total. The number of anilines is 2. The van der Waals surface area contributed by atoms with Gasteiger partial charge in [-0.1, -0.05) is 25.8 Å². The van der Waals surface area contributed by atoms with Crippen LogP contribution in [0.4, 0.5) is 16.0 Å². The molecule has 0 aliphatic carbocycles. The Morgan fingerprint density at radius 1 is 1.15 bits per heavy atom. The summed E-state index contributed by atoms with van der Waals surface area (Å²) in [6, 6.07) is 3.61. The van der Waals surface area contributed by atoms with E-state index in [0.717, 1.165) is 70.3 Å². The molecule has 1 spiro atoms. The number of carbonyl (C=O) groups is 1. The van der Waals surface area contributed by atoms with Gasteiger partial charge in [-0.3, -0.25) is 9.10 Å². The second-order valence-corrected chi connectivity index (χ2v) is 10.3. The third kappa shape index (κ3) is 5.10. The molecule has 34 heavy (non-hydrogen) atoms. The molecule has 0 radical (unpaired) electrons. The molecular formula is C25H37FN6OS. The minimum Gasteiger partial charge on any atom is -0.367 e. The van der Waals surface area contributed by atoms with Crippen LogP contribution in [0.5, 0.6) is 0 Å². The maximum absolute atomic E-state index is 15.1. The zero-order valence-electron chi connectivity index (χ0n) is 20.8. The van der Waals surface area contributed by atoms with Crippen LogP contribution in [0.25, 0.3) is 10.9 Å². The Morgan fingerprint density at radius 2 is 1.88 bits per heavy atom. The zero-order chi connectivity index (χ0) is 24.3. The first-order valence-electron chi connectivity index (χ1n) is 12.5. The van der Waals surface area contributed by atoms with Gasteiger partial charge < -0.3 is 15.1 Å². The zero-order valence-corrected chi connectivity index (χ0v) is 21.6. The minimum absolute atomic E-state index is 0.0552. The van der Waals surface area contributed by atoms with Crippen molar-refractivity contribution >= 4 is 40.4 Å². The topological polar surface area (TPSA) is 64.6 Å². The highest BCUT2D eigenvalue weighted by Crippen LogP contribution is 2.43. The van der Waals surface area contributed by atoms with Crippen LogP contribution < -0.4 is 10.2 Å². The molecule has 3 aliphatic rings. The summed E-state index contributed by atoms with van der Waals surface area (Å²) in [6.07, 6.45) is 7.94. The molecule has 1 unspecified atom stereocenters. The molecule has 1 aromatic heterocycles. The van der Waals surface area contributed by atoms with Crippen molar-refractivity contribution in [2.75, 3.05) is 55.7 Å². The molecule has 186 valence electrons. The summed E-state index contributed by atoms with van der Waals surface area (Å²) in [5.41, 5.74) is 1.30. The molecule has 7 nitrogen and oxygen atoms in total. The van der Waals surface area contributed by atoms with Gasteiger partial charge in [-0.05, 0) is 44.1 Å². The fourth-order valence-corrected chi connectivity index (χ4v) is 6.03. The first-order chi connectivity index (χ1) is 16.5. The van der Waals surface area contributed by atoms with Crippen molar-refractivity contribution in [3.63, 3.8) is 0 Å². The van der Waals surface area contributed by atoms with E-state index >= 15 is 4.39 Å². The van der Waals surface area contributed by atoms with Crippen molar-refractivity contribution < 1.29 is 9.18 Å². The van der Waals surface area contributed by atoms with Crippen LogP contribution >= 0.6 is 11.9 Å². The number of hydrogen-bond donors (Lipinski definition) is 1. The van der Waals surface area contributed by atoms with E-state index in [-0.39, 0.29) is 17.1 Å². The lowest BCUT2D eigenvalue weighted by Gasteiger charge is -2.30. The Hall–Kier alpha value is -2.13. The summed E-state index contributed by atoms with van der Waals surface area (Å²) in [6.45, 7) is 10.8. The normalized spacial score (nSPS) is 23.4. The number of fused-ring (bicyclic) bond motifs is 1. The lowest BCUT2D eigenvalue weighted by molar-refractivity contribution is -0.128. The molecule has 4 heterocycles. The number of halogens is 1. The monoisotopic (exact) mass is 488 g/mol. The van der Waals surface area contributed by atoms with Crippen molar-refractivity contribution in [2.24, 2.45) is 5.41 Å². The fourth-order valence-electron chi connectivity index (χ4n) is 5.46. The van der Waals surface area contributed by atoms with Crippen LogP contribution in [0.1, 0.15) is 46.5 Å². The van der Waals surface area contributed by atoms with E-state index in [1.807, 2.05) is 18.7 Å². The van der Waals surface area contributed by atoms with E-state index < -0.39 is 0 Å². The lowest BCUT2D eigenvalue weighted by atomic mass is 9.86. The van der Waals surface area contributed by atoms with Crippen LogP contribution in [0.15, 0.2) is 18.3 Å². The van der Waals surface area contributed by atoms with Gasteiger partial charge in [-0.15, -0.1) is 0 Å². The van der Waals surface area contributed by atoms with Gasteiger partial charge in [0.25, 0.3) is 0 Å². The van der Waals surface area contributed by atoms with Crippen molar-refractivity contribution in [3.8, 4) is 0 Å². The van der Waals surface area contributed by atoms with E-state index in [0.29, 0.717) is 23.2 Å². The number of piperidine rings is 1. The number of benzene rings is 1. The number of aromatic nitrogens is 2. The summed E-state index contributed by atoms with van der Waals surface area (Å²) in [5, 5.41) is 4.33. The van der Waals surface area contributed by atoms with Crippen molar-refractivity contribution in [1.82, 2.24) is 19.2 Å². The first-order valence-corrected chi connectivity index (χ1v) is 13.7. The number of likely N-dealkylation sites (tertiary alicyclic amines) is 1. The second kappa shape index (κ2) is 10.6. The largest absolute Gasteiger partial charge is 0.367 e. The minimum atomic E-state index is -0.242. The highest BCUT2D eigenvalue weighted by Gasteiger charge is 2.45. The summed E-state index contributed by atoms with van der Waals surface area (Å²) in [7, 11) is 0. The SMILES string of the molecule is CC.CSN1CCC(Nc2ncc3ccc(F)c(N4CCC5(CCN(C(C)=O)C5)C4)c3n2)CC1. The Labute approximate surface area is 206 Å². The molecule has 1 atom stereocenters. The quantitative estimate of drug-likeness (QED) is 0.640. The van der Waals surface area contributed by atoms with E-state index in [2.05, 4.69) is 25.8 Å². The van der Waals surface area contributed by atoms with E-state index in [1.54, 1.807) is 31.1 Å². The van der Waals surface area contributed by atoms with Gasteiger partial charge in [-0.25, -0.2) is 14.4 Å². The van der Waals surface area contributed by atoms with Crippen molar-refractivity contribution in [1.29, 1.82) is 0 Å². The average molecular weight is 489 g/mol. The number of amides is 1. The standard InChI is InChI=1S/C23H31FN6OS.C2H6/c1-16(31)28-11-7-23(14-28)8-12-29(15-23)21-19(24)4-3-17-13-25-22(27-20(17)21)26-18-5-9-30(32-2)10-6-18;1-2/h3-4,13,18H,5-12,14-15H2,1-2H3,(H,25,26,27);1-2H3. The number of hydrogen-bond acceptors (Lipinski definition) is 7. The number of nitrogens with zero attached hydrogens (tertiary/aromatic N) is 5. The highest BCUT2D eigenvalue weighted by molar-refractivity contribution is 7.96. The Bertz CT molecular complexity index is 1010. The fraction of sp³-hybridized carbons (Fsp3) is 0.640. The van der Waals surface area contributed by atoms with Crippen LogP contribution in [0.3, 0.4) is 0 Å². The molecule has 1 amide bonds. The second-order valence-electron chi connectivity index (χ2n) is 9.42. The highest BCUT2D eigenvalue weighted by atomic mass is 32.2. The Morgan fingerprint density at radius 3 is 2.56 bits per heavy atom. The maximum Gasteiger partial charge on any atom is 0.223 e. The Kier molecular flexibility index (Phi) is 7.82. The van der Waals surface area contributed by atoms with Gasteiger partial charge in [0, 0.05) is 69.2 Å². The van der Waals surface area contributed by atoms with Gasteiger partial charge in [0.2, 0.25) is 11.9 Å². The molecule has 5 rings (SSSR count). The van der Waals surface area contributed by atoms with Gasteiger partial charge in [0.05, 0.1) is 5.69 Å². The van der Waals surface area contributed by atoms with Crippen LogP contribution in [-0.4, -0.2) is 76.6 Å². The molecule has 2 aromatic rings. The first kappa shape index (κ1) is 25.0. The van der Waals surface area contributed by atoms with Gasteiger partial charge in [-0.2, -0.15) is 0 Å². The number of rotatable bonds is 4. The molecule has 0 bridgehead atoms. The predicted molar refractivity (Wildman–Crippen MR) is 139 cm³/mol. The molecular weight excluding hydrogens is 451 g/mol. The summed E-state index contributed by atoms with van der Waals surface area (Å²) in [5.74, 6) is 0.460. The average Bonchev–Trinajstić information content (AvgIpc) is 3.47. The van der Waals surface area contributed by atoms with Gasteiger partial charge in [0.1, 0.15) is 11.3 Å². The van der Waals surface area contributed by atoms with Crippen molar-refractivity contribution in [2.45, 2.75) is 52.5 Å². The van der Waals surface area contributed by atoms with Crippen LogP contribution in [0.2, 0.25) is 0 Å². The molecule has 3 aliphatic heterocycles. The third-order valence-corrected chi connectivity index (χ3v) is 8.24. The smallest absolute Gasteiger partial charge is 0.223 e. The van der Waals surface area contributed by atoms with Crippen molar-refractivity contribution in [3.05, 3.63) is 24.1 Å². The predicted octanol–water partition coefficient (Wildman–Crippen LogP) is 4.40. The Balaban J connectivity index is 0.00000133. The molecule has 9 heteroatoms.